The van der Waals surface area contributed by atoms with Crippen molar-refractivity contribution in [2.45, 2.75) is 6.18 Å². The minimum Gasteiger partial charge on any atom is -0.493 e. The lowest BCUT2D eigenvalue weighted by atomic mass is 10.1. The molecule has 33 heavy (non-hydrogen) atoms. The van der Waals surface area contributed by atoms with E-state index in [0.29, 0.717) is 15.1 Å². The molecule has 4 rings (SSSR count). The summed E-state index contributed by atoms with van der Waals surface area (Å²) in [6, 6.07) is 9.43. The molecule has 0 spiro atoms. The van der Waals surface area contributed by atoms with E-state index in [9.17, 15) is 22.8 Å². The Hall–Kier alpha value is -3.93. The third-order valence-corrected chi connectivity index (χ3v) is 5.44. The van der Waals surface area contributed by atoms with Crippen LogP contribution in [-0.4, -0.2) is 34.2 Å². The van der Waals surface area contributed by atoms with E-state index in [-0.39, 0.29) is 22.7 Å². The van der Waals surface area contributed by atoms with Crippen LogP contribution in [0.25, 0.3) is 11.0 Å². The van der Waals surface area contributed by atoms with Gasteiger partial charge in [0, 0.05) is 0 Å². The number of aromatic nitrogens is 3. The first-order valence-electron chi connectivity index (χ1n) is 9.37. The third-order valence-electron chi connectivity index (χ3n) is 4.47. The normalized spacial score (nSPS) is 12.2. The molecule has 0 saturated carbocycles. The van der Waals surface area contributed by atoms with E-state index in [1.54, 1.807) is 18.2 Å². The molecular formula is C21H15F3N4O4S. The van der Waals surface area contributed by atoms with Gasteiger partial charge in [0.2, 0.25) is 4.96 Å². The molecule has 8 nitrogen and oxygen atoms in total. The van der Waals surface area contributed by atoms with Gasteiger partial charge in [-0.25, -0.2) is 4.98 Å². The Bertz CT molecular complexity index is 1430. The highest BCUT2D eigenvalue weighted by Crippen LogP contribution is 2.34. The van der Waals surface area contributed by atoms with E-state index >= 15 is 0 Å². The monoisotopic (exact) mass is 476 g/mol. The van der Waals surface area contributed by atoms with Gasteiger partial charge in [-0.1, -0.05) is 29.5 Å². The number of methoxy groups -OCH3 is 1. The van der Waals surface area contributed by atoms with Crippen LogP contribution in [0.3, 0.4) is 0 Å². The number of rotatable bonds is 6. The topological polar surface area (TPSA) is 94.8 Å². The zero-order valence-corrected chi connectivity index (χ0v) is 17.7. The fourth-order valence-electron chi connectivity index (χ4n) is 2.99. The lowest BCUT2D eigenvalue weighted by Gasteiger charge is -2.14. The van der Waals surface area contributed by atoms with Crippen LogP contribution < -0.4 is 24.9 Å². The number of benzene rings is 2. The van der Waals surface area contributed by atoms with Crippen LogP contribution in [0.5, 0.6) is 11.5 Å². The van der Waals surface area contributed by atoms with Gasteiger partial charge in [-0.15, -0.1) is 0 Å². The molecule has 0 aliphatic heterocycles. The van der Waals surface area contributed by atoms with Gasteiger partial charge in [0.05, 0.1) is 22.9 Å². The minimum absolute atomic E-state index is 0.207. The van der Waals surface area contributed by atoms with Crippen molar-refractivity contribution in [1.29, 1.82) is 0 Å². The molecule has 1 N–H and O–H groups in total. The van der Waals surface area contributed by atoms with Crippen LogP contribution in [0, 0.1) is 0 Å². The van der Waals surface area contributed by atoms with Crippen LogP contribution in [0.1, 0.15) is 11.1 Å². The largest absolute Gasteiger partial charge is 0.493 e. The second-order valence-corrected chi connectivity index (χ2v) is 7.67. The Morgan fingerprint density at radius 3 is 2.73 bits per heavy atom. The molecule has 2 aromatic carbocycles. The highest BCUT2D eigenvalue weighted by Gasteiger charge is 2.33. The Morgan fingerprint density at radius 1 is 1.21 bits per heavy atom. The van der Waals surface area contributed by atoms with E-state index in [1.807, 2.05) is 0 Å². The van der Waals surface area contributed by atoms with Crippen molar-refractivity contribution in [3.63, 3.8) is 0 Å². The molecule has 0 bridgehead atoms. The molecule has 170 valence electrons. The van der Waals surface area contributed by atoms with E-state index in [1.165, 1.54) is 47.5 Å². The molecule has 12 heteroatoms. The number of amides is 1. The summed E-state index contributed by atoms with van der Waals surface area (Å²) in [7, 11) is 1.40. The zero-order chi connectivity index (χ0) is 23.6. The van der Waals surface area contributed by atoms with Crippen molar-refractivity contribution in [3.8, 4) is 11.5 Å². The number of para-hydroxylation sites is 1. The third kappa shape index (κ3) is 4.80. The van der Waals surface area contributed by atoms with E-state index < -0.39 is 24.3 Å². The van der Waals surface area contributed by atoms with Gasteiger partial charge in [-0.2, -0.15) is 22.8 Å². The summed E-state index contributed by atoms with van der Waals surface area (Å²) in [5, 5.41) is 6.06. The Kier molecular flexibility index (Phi) is 6.01. The number of thiazole rings is 1. The summed E-state index contributed by atoms with van der Waals surface area (Å²) in [6.45, 7) is -0.538. The predicted octanol–water partition coefficient (Wildman–Crippen LogP) is 2.74. The van der Waals surface area contributed by atoms with Crippen LogP contribution in [0.4, 0.5) is 18.9 Å². The van der Waals surface area contributed by atoms with Crippen LogP contribution in [0.15, 0.2) is 53.6 Å². The number of nitrogens with one attached hydrogen (secondary N) is 1. The molecular weight excluding hydrogens is 461 g/mol. The second kappa shape index (κ2) is 8.90. The summed E-state index contributed by atoms with van der Waals surface area (Å²) >= 11 is 1.18. The van der Waals surface area contributed by atoms with Crippen LogP contribution >= 0.6 is 11.3 Å². The summed E-state index contributed by atoms with van der Waals surface area (Å²) < 4.78 is 51.6. The summed E-state index contributed by atoms with van der Waals surface area (Å²) in [5.41, 5.74) is -0.988. The quantitative estimate of drug-likeness (QED) is 0.460. The second-order valence-electron chi connectivity index (χ2n) is 6.66. The molecule has 0 saturated heterocycles. The van der Waals surface area contributed by atoms with Crippen molar-refractivity contribution in [2.75, 3.05) is 19.0 Å². The van der Waals surface area contributed by atoms with E-state index in [0.717, 1.165) is 12.1 Å². The molecule has 0 fully saturated rings. The molecule has 0 radical (unpaired) electrons. The van der Waals surface area contributed by atoms with E-state index in [4.69, 9.17) is 9.47 Å². The molecule has 1 amide bonds. The molecule has 0 aliphatic rings. The lowest BCUT2D eigenvalue weighted by Crippen LogP contribution is -2.23. The molecule has 0 aliphatic carbocycles. The van der Waals surface area contributed by atoms with Gasteiger partial charge < -0.3 is 14.8 Å². The highest BCUT2D eigenvalue weighted by molar-refractivity contribution is 7.15. The Labute approximate surface area is 187 Å². The first-order valence-corrected chi connectivity index (χ1v) is 10.2. The maximum Gasteiger partial charge on any atom is 0.418 e. The zero-order valence-electron chi connectivity index (χ0n) is 16.9. The van der Waals surface area contributed by atoms with Gasteiger partial charge in [0.25, 0.3) is 11.5 Å². The number of ether oxygens (including phenoxy) is 2. The number of anilines is 1. The number of nitrogens with zero attached hydrogens (tertiary/aromatic N) is 3. The van der Waals surface area contributed by atoms with Gasteiger partial charge in [-0.05, 0) is 35.9 Å². The number of alkyl halides is 3. The lowest BCUT2D eigenvalue weighted by molar-refractivity contribution is -0.137. The van der Waals surface area contributed by atoms with Gasteiger partial charge in [0.1, 0.15) is 6.33 Å². The minimum atomic E-state index is -4.61. The average Bonchev–Trinajstić information content (AvgIpc) is 3.35. The van der Waals surface area contributed by atoms with Crippen molar-refractivity contribution in [1.82, 2.24) is 14.6 Å². The average molecular weight is 476 g/mol. The first kappa shape index (κ1) is 22.3. The smallest absolute Gasteiger partial charge is 0.418 e. The fourth-order valence-corrected chi connectivity index (χ4v) is 3.87. The van der Waals surface area contributed by atoms with Crippen molar-refractivity contribution >= 4 is 34.0 Å². The SMILES string of the molecule is COc1cc(/C=c2\sc3ncnn3c2=O)ccc1OCC(=O)Nc1ccccc1C(F)(F)F. The maximum atomic E-state index is 13.1. The number of fused-ring (bicyclic) bond motifs is 1. The number of halogens is 3. The first-order chi connectivity index (χ1) is 15.8. The standard InChI is InChI=1S/C21H15F3N4O4S/c1-31-16-8-12(9-17-19(30)28-20(33-17)25-11-26-28)6-7-15(16)32-10-18(29)27-14-5-3-2-4-13(14)21(22,23)24/h2-9,11H,10H2,1H3,(H,27,29)/b17-9-. The number of hydrogen-bond donors (Lipinski definition) is 1. The van der Waals surface area contributed by atoms with Crippen LogP contribution in [-0.2, 0) is 11.0 Å². The summed E-state index contributed by atoms with van der Waals surface area (Å²) in [5.74, 6) is -0.284. The molecule has 0 atom stereocenters. The number of carbonyl (C=O) groups is 1. The summed E-state index contributed by atoms with van der Waals surface area (Å²) in [6.07, 6.45) is -1.67. The van der Waals surface area contributed by atoms with Crippen molar-refractivity contribution in [2.24, 2.45) is 0 Å². The Morgan fingerprint density at radius 2 is 2.00 bits per heavy atom. The van der Waals surface area contributed by atoms with Gasteiger partial charge in [-0.3, -0.25) is 9.59 Å². The number of carbonyl (C=O) groups excluding carboxylic acids is 1. The highest BCUT2D eigenvalue weighted by atomic mass is 32.1. The molecule has 0 unspecified atom stereocenters. The maximum absolute atomic E-state index is 13.1. The molecule has 4 aromatic rings. The fraction of sp³-hybridized carbons (Fsp3) is 0.143. The van der Waals surface area contributed by atoms with Crippen molar-refractivity contribution < 1.29 is 27.4 Å². The van der Waals surface area contributed by atoms with Crippen molar-refractivity contribution in [3.05, 3.63) is 74.8 Å². The summed E-state index contributed by atoms with van der Waals surface area (Å²) in [4.78, 5) is 28.9. The van der Waals surface area contributed by atoms with E-state index in [2.05, 4.69) is 15.4 Å². The molecule has 2 heterocycles. The molecule has 2 aromatic heterocycles. The number of hydrogen-bond acceptors (Lipinski definition) is 7. The van der Waals surface area contributed by atoms with Gasteiger partial charge in [0.15, 0.2) is 18.1 Å². The predicted molar refractivity (Wildman–Crippen MR) is 114 cm³/mol. The Balaban J connectivity index is 1.49. The van der Waals surface area contributed by atoms with Gasteiger partial charge >= 0.3 is 6.18 Å². The van der Waals surface area contributed by atoms with Crippen LogP contribution in [0.2, 0.25) is 0 Å².